The van der Waals surface area contributed by atoms with Crippen LogP contribution in [0.15, 0.2) is 12.4 Å². The second-order valence-electron chi connectivity index (χ2n) is 3.00. The zero-order chi connectivity index (χ0) is 9.42. The normalized spacial score (nSPS) is 10.7. The summed E-state index contributed by atoms with van der Waals surface area (Å²) in [5.74, 6) is 0.795. The minimum atomic E-state index is 0.795. The molecule has 0 saturated carbocycles. The molecule has 0 bridgehead atoms. The van der Waals surface area contributed by atoms with Crippen LogP contribution in [0.25, 0.3) is 11.5 Å². The molecule has 5 heteroatoms. The summed E-state index contributed by atoms with van der Waals surface area (Å²) in [5, 5.41) is 8.30. The van der Waals surface area contributed by atoms with E-state index in [9.17, 15) is 0 Å². The van der Waals surface area contributed by atoms with Gasteiger partial charge < -0.3 is 0 Å². The lowest BCUT2D eigenvalue weighted by Crippen LogP contribution is -1.96. The largest absolute Gasteiger partial charge is 0.272 e. The van der Waals surface area contributed by atoms with Crippen LogP contribution in [0.2, 0.25) is 0 Å². The van der Waals surface area contributed by atoms with E-state index in [0.717, 1.165) is 17.2 Å². The lowest BCUT2D eigenvalue weighted by Gasteiger charge is -1.93. The Hall–Kier alpha value is -1.65. The van der Waals surface area contributed by atoms with Gasteiger partial charge in [0.25, 0.3) is 0 Å². The molecule has 2 rings (SSSR count). The monoisotopic (exact) mass is 177 g/mol. The zero-order valence-electron chi connectivity index (χ0n) is 7.89. The maximum absolute atomic E-state index is 4.31. The number of nitrogens with zero attached hydrogens (tertiary/aromatic N) is 5. The number of rotatable bonds is 1. The first kappa shape index (κ1) is 7.97. The summed E-state index contributed by atoms with van der Waals surface area (Å²) in [6.45, 7) is 2.01. The highest BCUT2D eigenvalue weighted by molar-refractivity contribution is 5.48. The molecule has 0 atom stereocenters. The summed E-state index contributed by atoms with van der Waals surface area (Å²) in [4.78, 5) is 4.12. The summed E-state index contributed by atoms with van der Waals surface area (Å²) >= 11 is 0. The van der Waals surface area contributed by atoms with Gasteiger partial charge in [-0.25, -0.2) is 9.67 Å². The molecule has 2 aromatic rings. The van der Waals surface area contributed by atoms with Crippen LogP contribution >= 0.6 is 0 Å². The van der Waals surface area contributed by atoms with E-state index in [1.807, 2.05) is 31.8 Å². The van der Waals surface area contributed by atoms with Gasteiger partial charge in [-0.1, -0.05) is 0 Å². The van der Waals surface area contributed by atoms with Crippen molar-refractivity contribution in [1.29, 1.82) is 0 Å². The van der Waals surface area contributed by atoms with Crippen molar-refractivity contribution in [1.82, 2.24) is 24.5 Å². The maximum Gasteiger partial charge on any atom is 0.178 e. The number of aromatic nitrogens is 5. The van der Waals surface area contributed by atoms with Crippen molar-refractivity contribution in [3.8, 4) is 11.5 Å². The molecule has 68 valence electrons. The topological polar surface area (TPSA) is 48.5 Å². The minimum absolute atomic E-state index is 0.795. The van der Waals surface area contributed by atoms with E-state index in [-0.39, 0.29) is 0 Å². The van der Waals surface area contributed by atoms with Gasteiger partial charge in [0.05, 0.1) is 0 Å². The summed E-state index contributed by atoms with van der Waals surface area (Å²) in [6.07, 6.45) is 1.53. The Morgan fingerprint density at radius 3 is 2.46 bits per heavy atom. The van der Waals surface area contributed by atoms with Crippen LogP contribution in [-0.4, -0.2) is 24.5 Å². The molecule has 2 heterocycles. The predicted octanol–water partition coefficient (Wildman–Crippen LogP) is 0.524. The van der Waals surface area contributed by atoms with Crippen molar-refractivity contribution in [3.05, 3.63) is 18.1 Å². The highest BCUT2D eigenvalue weighted by Gasteiger charge is 2.08. The summed E-state index contributed by atoms with van der Waals surface area (Å²) < 4.78 is 3.53. The third kappa shape index (κ3) is 1.22. The Balaban J connectivity index is 2.53. The Morgan fingerprint density at radius 1 is 1.23 bits per heavy atom. The molecule has 0 unspecified atom stereocenters. The van der Waals surface area contributed by atoms with Crippen LogP contribution in [0.1, 0.15) is 5.69 Å². The van der Waals surface area contributed by atoms with Crippen molar-refractivity contribution >= 4 is 0 Å². The highest BCUT2D eigenvalue weighted by Crippen LogP contribution is 2.13. The fourth-order valence-corrected chi connectivity index (χ4v) is 1.20. The Kier molecular flexibility index (Phi) is 1.65. The van der Waals surface area contributed by atoms with Crippen molar-refractivity contribution in [3.63, 3.8) is 0 Å². The van der Waals surface area contributed by atoms with Crippen molar-refractivity contribution in [2.75, 3.05) is 0 Å². The van der Waals surface area contributed by atoms with Gasteiger partial charge in [0.15, 0.2) is 5.82 Å². The Bertz CT molecular complexity index is 406. The molecule has 0 radical (unpaired) electrons. The molecule has 2 aromatic heterocycles. The van der Waals surface area contributed by atoms with Gasteiger partial charge in [-0.2, -0.15) is 10.2 Å². The van der Waals surface area contributed by atoms with E-state index < -0.39 is 0 Å². The molecule has 0 fully saturated rings. The second-order valence-corrected chi connectivity index (χ2v) is 3.00. The highest BCUT2D eigenvalue weighted by atomic mass is 15.3. The molecular formula is C8H11N5. The first-order valence-corrected chi connectivity index (χ1v) is 4.03. The molecule has 0 aliphatic heterocycles. The third-order valence-corrected chi connectivity index (χ3v) is 2.05. The lowest BCUT2D eigenvalue weighted by molar-refractivity contribution is 0.731. The summed E-state index contributed by atoms with van der Waals surface area (Å²) in [6, 6.07) is 1.99. The van der Waals surface area contributed by atoms with E-state index in [4.69, 9.17) is 0 Å². The van der Waals surface area contributed by atoms with Crippen LogP contribution in [0.5, 0.6) is 0 Å². The van der Waals surface area contributed by atoms with Gasteiger partial charge >= 0.3 is 0 Å². The van der Waals surface area contributed by atoms with E-state index >= 15 is 0 Å². The minimum Gasteiger partial charge on any atom is -0.272 e. The zero-order valence-corrected chi connectivity index (χ0v) is 7.89. The molecule has 13 heavy (non-hydrogen) atoms. The van der Waals surface area contributed by atoms with Crippen molar-refractivity contribution in [2.45, 2.75) is 6.92 Å². The molecule has 5 nitrogen and oxygen atoms in total. The molecule has 0 saturated heterocycles. The molecule has 0 aromatic carbocycles. The van der Waals surface area contributed by atoms with Gasteiger partial charge in [0, 0.05) is 19.8 Å². The SMILES string of the molecule is Cc1cc(-c2ncnn2C)nn1C. The average Bonchev–Trinajstić information content (AvgIpc) is 2.60. The first-order chi connectivity index (χ1) is 6.18. The summed E-state index contributed by atoms with van der Waals surface area (Å²) in [7, 11) is 3.77. The molecule has 0 aliphatic carbocycles. The average molecular weight is 177 g/mol. The fraction of sp³-hybridized carbons (Fsp3) is 0.375. The van der Waals surface area contributed by atoms with Gasteiger partial charge in [-0.05, 0) is 13.0 Å². The van der Waals surface area contributed by atoms with Crippen LogP contribution < -0.4 is 0 Å². The van der Waals surface area contributed by atoms with Crippen molar-refractivity contribution < 1.29 is 0 Å². The number of aryl methyl sites for hydroxylation is 3. The fourth-order valence-electron chi connectivity index (χ4n) is 1.20. The van der Waals surface area contributed by atoms with Gasteiger partial charge in [-0.15, -0.1) is 0 Å². The number of hydrogen-bond donors (Lipinski definition) is 0. The maximum atomic E-state index is 4.31. The second kappa shape index (κ2) is 2.69. The molecule has 0 N–H and O–H groups in total. The quantitative estimate of drug-likeness (QED) is 0.638. The molecule has 0 aliphatic rings. The van der Waals surface area contributed by atoms with Crippen LogP contribution in [-0.2, 0) is 14.1 Å². The number of hydrogen-bond acceptors (Lipinski definition) is 3. The molecule has 0 spiro atoms. The smallest absolute Gasteiger partial charge is 0.178 e. The van der Waals surface area contributed by atoms with Gasteiger partial charge in [0.2, 0.25) is 0 Å². The Labute approximate surface area is 76.0 Å². The lowest BCUT2D eigenvalue weighted by atomic mass is 10.3. The van der Waals surface area contributed by atoms with Crippen LogP contribution in [0, 0.1) is 6.92 Å². The van der Waals surface area contributed by atoms with Gasteiger partial charge in [0.1, 0.15) is 12.0 Å². The predicted molar refractivity (Wildman–Crippen MR) is 47.9 cm³/mol. The first-order valence-electron chi connectivity index (χ1n) is 4.03. The van der Waals surface area contributed by atoms with E-state index in [0.29, 0.717) is 0 Å². The summed E-state index contributed by atoms with van der Waals surface area (Å²) in [5.41, 5.74) is 1.97. The third-order valence-electron chi connectivity index (χ3n) is 2.05. The molecular weight excluding hydrogens is 166 g/mol. The van der Waals surface area contributed by atoms with Gasteiger partial charge in [-0.3, -0.25) is 4.68 Å². The van der Waals surface area contributed by atoms with E-state index in [1.165, 1.54) is 6.33 Å². The molecule has 0 amide bonds. The van der Waals surface area contributed by atoms with Crippen LogP contribution in [0.4, 0.5) is 0 Å². The van der Waals surface area contributed by atoms with Crippen LogP contribution in [0.3, 0.4) is 0 Å². The van der Waals surface area contributed by atoms with E-state index in [1.54, 1.807) is 4.68 Å². The van der Waals surface area contributed by atoms with E-state index in [2.05, 4.69) is 15.2 Å². The standard InChI is InChI=1S/C8H11N5/c1-6-4-7(11-12(6)2)8-9-5-10-13(8)3/h4-5H,1-3H3. The Morgan fingerprint density at radius 2 is 2.00 bits per heavy atom. The van der Waals surface area contributed by atoms with Crippen molar-refractivity contribution in [2.24, 2.45) is 14.1 Å².